The molecule has 1 saturated carbocycles. The van der Waals surface area contributed by atoms with Crippen LogP contribution in [-0.2, 0) is 0 Å². The second-order valence-electron chi connectivity index (χ2n) is 3.09. The highest BCUT2D eigenvalue weighted by atomic mass is 16.5. The Hall–Kier alpha value is -0.150. The smallest absolute Gasteiger partial charge is 0.402 e. The van der Waals surface area contributed by atoms with Crippen molar-refractivity contribution < 1.29 is 30.1 Å². The van der Waals surface area contributed by atoms with Gasteiger partial charge in [0, 0.05) is 6.04 Å². The molecule has 0 heterocycles. The summed E-state index contributed by atoms with van der Waals surface area (Å²) in [7, 11) is -4.33. The van der Waals surface area contributed by atoms with E-state index < -0.39 is 14.6 Å². The molecule has 0 spiro atoms. The summed E-state index contributed by atoms with van der Waals surface area (Å²) in [4.78, 5) is 0. The molecule has 0 unspecified atom stereocenters. The zero-order chi connectivity index (χ0) is 12.3. The predicted molar refractivity (Wildman–Crippen MR) is 55.9 cm³/mol. The van der Waals surface area contributed by atoms with E-state index in [0.29, 0.717) is 6.04 Å². The lowest BCUT2D eigenvalue weighted by Gasteiger charge is -2.15. The molecule has 0 aromatic rings. The maximum Gasteiger partial charge on any atom is 0.631 e. The van der Waals surface area contributed by atoms with Gasteiger partial charge in [-0.3, -0.25) is 0 Å². The van der Waals surface area contributed by atoms with Crippen LogP contribution in [0.5, 0.6) is 0 Å². The van der Waals surface area contributed by atoms with E-state index in [-0.39, 0.29) is 0 Å². The molecule has 15 heavy (non-hydrogen) atoms. The van der Waals surface area contributed by atoms with Crippen LogP contribution in [0.25, 0.3) is 0 Å². The summed E-state index contributed by atoms with van der Waals surface area (Å²) in [5.74, 6) is 0. The topological polar surface area (TPSA) is 147 Å². The van der Waals surface area contributed by atoms with Gasteiger partial charge in [0.25, 0.3) is 0 Å². The molecule has 0 aliphatic heterocycles. The maximum absolute atomic E-state index is 7.17. The van der Waals surface area contributed by atoms with Crippen LogP contribution < -0.4 is 5.73 Å². The summed E-state index contributed by atoms with van der Waals surface area (Å²) in [6, 6.07) is 0.536. The molecule has 0 aromatic carbocycles. The van der Waals surface area contributed by atoms with Gasteiger partial charge in [0.1, 0.15) is 0 Å². The van der Waals surface area contributed by atoms with Gasteiger partial charge < -0.3 is 35.9 Å². The average molecular weight is 223 g/mol. The molecule has 0 bridgehead atoms. The number of nitrogens with two attached hydrogens (primary N) is 1. The predicted octanol–water partition coefficient (Wildman–Crippen LogP) is -2.83. The normalized spacial score (nSPS) is 15.4. The lowest BCUT2D eigenvalue weighted by atomic mass is 9.97. The first kappa shape index (κ1) is 17.3. The van der Waals surface area contributed by atoms with Gasteiger partial charge in [-0.15, -0.1) is 0 Å². The Labute approximate surface area is 89.5 Å². The lowest BCUT2D eigenvalue weighted by Crippen LogP contribution is -2.22. The summed E-state index contributed by atoms with van der Waals surface area (Å²) in [6.07, 6.45) is 6.66. The molecule has 1 aliphatic carbocycles. The van der Waals surface area contributed by atoms with Gasteiger partial charge in [0.05, 0.1) is 0 Å². The number of rotatable bonds is 0. The molecule has 90 valence electrons. The molecule has 0 aromatic heterocycles. The van der Waals surface area contributed by atoms with Gasteiger partial charge in [-0.2, -0.15) is 0 Å². The largest absolute Gasteiger partial charge is 0.631 e. The van der Waals surface area contributed by atoms with E-state index in [2.05, 4.69) is 0 Å². The fourth-order valence-electron chi connectivity index (χ4n) is 1.13. The van der Waals surface area contributed by atoms with E-state index in [1.165, 1.54) is 32.1 Å². The van der Waals surface area contributed by atoms with Crippen LogP contribution in [0.4, 0.5) is 0 Å². The molecule has 9 heteroatoms. The first-order valence-electron chi connectivity index (χ1n) is 4.70. The van der Waals surface area contributed by atoms with Crippen molar-refractivity contribution in [3.63, 3.8) is 0 Å². The Kier molecular flexibility index (Phi) is 13.7. The van der Waals surface area contributed by atoms with E-state index in [9.17, 15) is 0 Å². The SMILES string of the molecule is NC1CCCCC1.OB(O)O.OB(O)O. The molecule has 8 N–H and O–H groups in total. The van der Waals surface area contributed by atoms with Crippen molar-refractivity contribution in [3.8, 4) is 0 Å². The quantitative estimate of drug-likeness (QED) is 0.219. The monoisotopic (exact) mass is 223 g/mol. The average Bonchev–Trinajstić information content (AvgIpc) is 2.03. The zero-order valence-electron chi connectivity index (χ0n) is 8.53. The minimum Gasteiger partial charge on any atom is -0.402 e. The summed E-state index contributed by atoms with van der Waals surface area (Å²) < 4.78 is 0. The second-order valence-corrected chi connectivity index (χ2v) is 3.09. The van der Waals surface area contributed by atoms with Crippen molar-refractivity contribution in [3.05, 3.63) is 0 Å². The van der Waals surface area contributed by atoms with Crippen molar-refractivity contribution >= 4 is 14.6 Å². The molecule has 7 nitrogen and oxygen atoms in total. The molecule has 0 saturated heterocycles. The van der Waals surface area contributed by atoms with Gasteiger partial charge in [0.2, 0.25) is 0 Å². The van der Waals surface area contributed by atoms with Crippen molar-refractivity contribution in [2.45, 2.75) is 38.1 Å². The van der Waals surface area contributed by atoms with Crippen molar-refractivity contribution in [2.24, 2.45) is 5.73 Å². The van der Waals surface area contributed by atoms with Gasteiger partial charge in [-0.1, -0.05) is 19.3 Å². The summed E-state index contributed by atoms with van der Waals surface area (Å²) in [5, 5.41) is 43.0. The number of hydrogen-bond acceptors (Lipinski definition) is 7. The highest BCUT2D eigenvalue weighted by Gasteiger charge is 2.06. The van der Waals surface area contributed by atoms with Gasteiger partial charge in [-0.25, -0.2) is 0 Å². The Morgan fingerprint density at radius 1 is 0.733 bits per heavy atom. The Morgan fingerprint density at radius 2 is 1.00 bits per heavy atom. The van der Waals surface area contributed by atoms with Gasteiger partial charge in [-0.05, 0) is 12.8 Å². The molecular weight excluding hydrogens is 204 g/mol. The fraction of sp³-hybridized carbons (Fsp3) is 1.00. The third-order valence-corrected chi connectivity index (χ3v) is 1.65. The van der Waals surface area contributed by atoms with Crippen LogP contribution in [0.3, 0.4) is 0 Å². The Morgan fingerprint density at radius 3 is 1.13 bits per heavy atom. The summed E-state index contributed by atoms with van der Waals surface area (Å²) in [6.45, 7) is 0. The molecule has 1 rings (SSSR count). The Bertz CT molecular complexity index is 111. The first-order valence-corrected chi connectivity index (χ1v) is 4.70. The van der Waals surface area contributed by atoms with Crippen molar-refractivity contribution in [2.75, 3.05) is 0 Å². The van der Waals surface area contributed by atoms with Crippen LogP contribution in [0.15, 0.2) is 0 Å². The van der Waals surface area contributed by atoms with Crippen LogP contribution in [0, 0.1) is 0 Å². The third kappa shape index (κ3) is 31.6. The first-order chi connectivity index (χ1) is 6.86. The zero-order valence-corrected chi connectivity index (χ0v) is 8.53. The Balaban J connectivity index is 0. The van der Waals surface area contributed by atoms with Crippen LogP contribution >= 0.6 is 0 Å². The highest BCUT2D eigenvalue weighted by molar-refractivity contribution is 6.30. The van der Waals surface area contributed by atoms with Crippen LogP contribution in [0.2, 0.25) is 0 Å². The van der Waals surface area contributed by atoms with E-state index >= 15 is 0 Å². The van der Waals surface area contributed by atoms with E-state index in [4.69, 9.17) is 35.9 Å². The lowest BCUT2D eigenvalue weighted by molar-refractivity contribution is 0.276. The summed E-state index contributed by atoms with van der Waals surface area (Å²) >= 11 is 0. The van der Waals surface area contributed by atoms with E-state index in [0.717, 1.165) is 0 Å². The van der Waals surface area contributed by atoms with Gasteiger partial charge >= 0.3 is 14.6 Å². The van der Waals surface area contributed by atoms with Crippen LogP contribution in [0.1, 0.15) is 32.1 Å². The van der Waals surface area contributed by atoms with E-state index in [1.807, 2.05) is 0 Å². The highest BCUT2D eigenvalue weighted by Crippen LogP contribution is 2.14. The van der Waals surface area contributed by atoms with Gasteiger partial charge in [0.15, 0.2) is 0 Å². The number of hydrogen-bond donors (Lipinski definition) is 7. The van der Waals surface area contributed by atoms with Crippen molar-refractivity contribution in [1.82, 2.24) is 0 Å². The minimum atomic E-state index is -2.17. The molecule has 0 amide bonds. The minimum absolute atomic E-state index is 0.536. The molecule has 0 radical (unpaired) electrons. The van der Waals surface area contributed by atoms with Crippen LogP contribution in [-0.4, -0.2) is 50.8 Å². The van der Waals surface area contributed by atoms with Crippen molar-refractivity contribution in [1.29, 1.82) is 0 Å². The second kappa shape index (κ2) is 11.9. The molecular formula is C6H19B2NO6. The molecule has 1 fully saturated rings. The van der Waals surface area contributed by atoms with E-state index in [1.54, 1.807) is 0 Å². The standard InChI is InChI=1S/C6H13N.2BH3O3/c7-6-4-2-1-3-5-6;2*2-1(3)4/h6H,1-5,7H2;2*2-4H. The molecule has 0 atom stereocenters. The third-order valence-electron chi connectivity index (χ3n) is 1.65. The summed E-state index contributed by atoms with van der Waals surface area (Å²) in [5.41, 5.74) is 5.63. The molecule has 1 aliphatic rings. The maximum atomic E-state index is 7.17. The fourth-order valence-corrected chi connectivity index (χ4v) is 1.13.